The lowest BCUT2D eigenvalue weighted by Crippen LogP contribution is -2.15. The molecule has 0 atom stereocenters. The lowest BCUT2D eigenvalue weighted by atomic mass is 10.0. The normalized spacial score (nSPS) is 16.4. The summed E-state index contributed by atoms with van der Waals surface area (Å²) >= 11 is 0. The molecule has 0 saturated heterocycles. The van der Waals surface area contributed by atoms with Gasteiger partial charge in [0.15, 0.2) is 0 Å². The van der Waals surface area contributed by atoms with Crippen molar-refractivity contribution in [1.82, 2.24) is 5.32 Å². The quantitative estimate of drug-likeness (QED) is 0.864. The van der Waals surface area contributed by atoms with Gasteiger partial charge in [-0.3, -0.25) is 4.79 Å². The van der Waals surface area contributed by atoms with Crippen molar-refractivity contribution < 1.29 is 9.21 Å². The van der Waals surface area contributed by atoms with Gasteiger partial charge in [-0.15, -0.1) is 0 Å². The Labute approximate surface area is 124 Å². The van der Waals surface area contributed by atoms with Gasteiger partial charge in [-0.1, -0.05) is 38.1 Å². The second-order valence-electron chi connectivity index (χ2n) is 5.40. The van der Waals surface area contributed by atoms with Crippen molar-refractivity contribution in [3.8, 4) is 0 Å². The van der Waals surface area contributed by atoms with Gasteiger partial charge in [0.1, 0.15) is 5.76 Å². The third-order valence-electron chi connectivity index (χ3n) is 3.54. The fourth-order valence-corrected chi connectivity index (χ4v) is 2.29. The van der Waals surface area contributed by atoms with Gasteiger partial charge >= 0.3 is 0 Å². The zero-order chi connectivity index (χ0) is 14.8. The van der Waals surface area contributed by atoms with Crippen molar-refractivity contribution in [1.29, 1.82) is 0 Å². The van der Waals surface area contributed by atoms with E-state index < -0.39 is 0 Å². The van der Waals surface area contributed by atoms with E-state index >= 15 is 0 Å². The Morgan fingerprint density at radius 2 is 1.90 bits per heavy atom. The number of hydrogen-bond donors (Lipinski definition) is 1. The van der Waals surface area contributed by atoms with E-state index in [4.69, 9.17) is 4.42 Å². The number of benzene rings is 1. The topological polar surface area (TPSA) is 42.2 Å². The van der Waals surface area contributed by atoms with Gasteiger partial charge in [-0.05, 0) is 41.3 Å². The lowest BCUT2D eigenvalue weighted by molar-refractivity contribution is -0.115. The Bertz CT molecular complexity index is 704. The first-order chi connectivity index (χ1) is 10.1. The van der Waals surface area contributed by atoms with Crippen molar-refractivity contribution in [2.24, 2.45) is 0 Å². The van der Waals surface area contributed by atoms with Crippen LogP contribution < -0.4 is 5.32 Å². The van der Waals surface area contributed by atoms with E-state index in [0.717, 1.165) is 11.3 Å². The Hall–Kier alpha value is -2.55. The van der Waals surface area contributed by atoms with Gasteiger partial charge in [0.25, 0.3) is 5.91 Å². The molecule has 0 unspecified atom stereocenters. The highest BCUT2D eigenvalue weighted by Crippen LogP contribution is 2.24. The van der Waals surface area contributed by atoms with E-state index in [2.05, 4.69) is 31.3 Å². The maximum atomic E-state index is 12.0. The number of amides is 1. The fraction of sp³-hybridized carbons (Fsp3) is 0.167. The molecule has 1 aromatic heterocycles. The average molecular weight is 279 g/mol. The Kier molecular flexibility index (Phi) is 3.48. The van der Waals surface area contributed by atoms with Crippen LogP contribution in [0.2, 0.25) is 0 Å². The molecule has 21 heavy (non-hydrogen) atoms. The molecule has 106 valence electrons. The summed E-state index contributed by atoms with van der Waals surface area (Å²) in [6, 6.07) is 11.9. The van der Waals surface area contributed by atoms with Crippen LogP contribution in [0.25, 0.3) is 11.8 Å². The van der Waals surface area contributed by atoms with Crippen LogP contribution in [0.5, 0.6) is 0 Å². The molecule has 0 aliphatic carbocycles. The number of carbonyl (C=O) groups excluding carboxylic acids is 1. The molecule has 1 aromatic carbocycles. The number of rotatable bonds is 3. The maximum Gasteiger partial charge on any atom is 0.255 e. The summed E-state index contributed by atoms with van der Waals surface area (Å²) in [6.45, 7) is 4.33. The highest BCUT2D eigenvalue weighted by Gasteiger charge is 2.19. The number of furan rings is 1. The van der Waals surface area contributed by atoms with Gasteiger partial charge in [-0.2, -0.15) is 0 Å². The molecule has 1 N–H and O–H groups in total. The van der Waals surface area contributed by atoms with Gasteiger partial charge in [0.05, 0.1) is 6.26 Å². The zero-order valence-corrected chi connectivity index (χ0v) is 12.1. The van der Waals surface area contributed by atoms with E-state index in [1.54, 1.807) is 18.4 Å². The third-order valence-corrected chi connectivity index (χ3v) is 3.54. The Morgan fingerprint density at radius 3 is 2.52 bits per heavy atom. The summed E-state index contributed by atoms with van der Waals surface area (Å²) in [5, 5.41) is 2.89. The van der Waals surface area contributed by atoms with Crippen LogP contribution in [0, 0.1) is 0 Å². The molecule has 1 aliphatic rings. The average Bonchev–Trinajstić information content (AvgIpc) is 3.10. The van der Waals surface area contributed by atoms with Gasteiger partial charge < -0.3 is 9.73 Å². The first kappa shape index (κ1) is 13.4. The Morgan fingerprint density at radius 1 is 1.14 bits per heavy atom. The maximum absolute atomic E-state index is 12.0. The minimum Gasteiger partial charge on any atom is -0.465 e. The van der Waals surface area contributed by atoms with Crippen molar-refractivity contribution in [3.05, 3.63) is 71.2 Å². The van der Waals surface area contributed by atoms with E-state index in [1.165, 1.54) is 5.56 Å². The molecule has 1 aliphatic heterocycles. The second-order valence-corrected chi connectivity index (χ2v) is 5.40. The Balaban J connectivity index is 1.88. The van der Waals surface area contributed by atoms with Crippen LogP contribution in [-0.2, 0) is 4.79 Å². The SMILES string of the molecule is CC(C)c1ccc(C2=CC(=Cc3ccco3)C(=O)N2)cc1. The van der Waals surface area contributed by atoms with E-state index in [9.17, 15) is 4.79 Å². The van der Waals surface area contributed by atoms with Crippen molar-refractivity contribution in [3.63, 3.8) is 0 Å². The van der Waals surface area contributed by atoms with Crippen molar-refractivity contribution in [2.45, 2.75) is 19.8 Å². The molecule has 0 spiro atoms. The number of nitrogens with one attached hydrogen (secondary N) is 1. The van der Waals surface area contributed by atoms with Crippen LogP contribution in [0.15, 0.2) is 58.7 Å². The summed E-state index contributed by atoms with van der Waals surface area (Å²) in [5.74, 6) is 1.07. The molecule has 0 bridgehead atoms. The molecular weight excluding hydrogens is 262 g/mol. The second kappa shape index (κ2) is 5.44. The summed E-state index contributed by atoms with van der Waals surface area (Å²) in [7, 11) is 0. The smallest absolute Gasteiger partial charge is 0.255 e. The minimum absolute atomic E-state index is 0.102. The molecule has 2 aromatic rings. The summed E-state index contributed by atoms with van der Waals surface area (Å²) < 4.78 is 5.24. The molecule has 2 heterocycles. The van der Waals surface area contributed by atoms with Crippen LogP contribution >= 0.6 is 0 Å². The molecule has 0 radical (unpaired) electrons. The number of hydrogen-bond acceptors (Lipinski definition) is 2. The van der Waals surface area contributed by atoms with Gasteiger partial charge in [0, 0.05) is 11.3 Å². The van der Waals surface area contributed by atoms with Crippen LogP contribution in [-0.4, -0.2) is 5.91 Å². The predicted octanol–water partition coefficient (Wildman–Crippen LogP) is 3.96. The van der Waals surface area contributed by atoms with Crippen LogP contribution in [0.3, 0.4) is 0 Å². The standard InChI is InChI=1S/C18H17NO2/c1-12(2)13-5-7-14(8-6-13)17-11-15(18(20)19-17)10-16-4-3-9-21-16/h3-12H,1-2H3,(H,19,20). The van der Waals surface area contributed by atoms with E-state index in [0.29, 0.717) is 17.3 Å². The van der Waals surface area contributed by atoms with E-state index in [1.807, 2.05) is 24.3 Å². The summed E-state index contributed by atoms with van der Waals surface area (Å²) in [5.41, 5.74) is 3.73. The predicted molar refractivity (Wildman–Crippen MR) is 83.3 cm³/mol. The monoisotopic (exact) mass is 279 g/mol. The summed E-state index contributed by atoms with van der Waals surface area (Å²) in [4.78, 5) is 12.0. The van der Waals surface area contributed by atoms with Crippen LogP contribution in [0.1, 0.15) is 36.7 Å². The first-order valence-electron chi connectivity index (χ1n) is 7.02. The molecule has 3 nitrogen and oxygen atoms in total. The molecule has 0 fully saturated rings. The number of carbonyl (C=O) groups is 1. The summed E-state index contributed by atoms with van der Waals surface area (Å²) in [6.07, 6.45) is 5.19. The molecule has 1 amide bonds. The zero-order valence-electron chi connectivity index (χ0n) is 12.1. The van der Waals surface area contributed by atoms with Crippen molar-refractivity contribution >= 4 is 17.7 Å². The fourth-order valence-electron chi connectivity index (χ4n) is 2.29. The first-order valence-corrected chi connectivity index (χ1v) is 7.02. The molecule has 0 saturated carbocycles. The molecule has 3 heteroatoms. The van der Waals surface area contributed by atoms with Gasteiger partial charge in [0.2, 0.25) is 0 Å². The largest absolute Gasteiger partial charge is 0.465 e. The minimum atomic E-state index is -0.102. The highest BCUT2D eigenvalue weighted by molar-refractivity contribution is 6.10. The third kappa shape index (κ3) is 2.82. The molecule has 3 rings (SSSR count). The van der Waals surface area contributed by atoms with Crippen LogP contribution in [0.4, 0.5) is 0 Å². The molecular formula is C18H17NO2. The van der Waals surface area contributed by atoms with Crippen molar-refractivity contribution in [2.75, 3.05) is 0 Å². The highest BCUT2D eigenvalue weighted by atomic mass is 16.3. The van der Waals surface area contributed by atoms with E-state index in [-0.39, 0.29) is 5.91 Å². The van der Waals surface area contributed by atoms with Gasteiger partial charge in [-0.25, -0.2) is 0 Å². The lowest BCUT2D eigenvalue weighted by Gasteiger charge is -2.07.